The summed E-state index contributed by atoms with van der Waals surface area (Å²) in [6, 6.07) is 47.4. The number of pyridine rings is 1. The second-order valence-corrected chi connectivity index (χ2v) is 13.2. The number of nitrogens with one attached hydrogen (secondary N) is 2. The number of para-hydroxylation sites is 1. The molecule has 5 nitrogen and oxygen atoms in total. The van der Waals surface area contributed by atoms with Crippen LogP contribution in [-0.4, -0.2) is 22.1 Å². The van der Waals surface area contributed by atoms with Gasteiger partial charge in [-0.2, -0.15) is 0 Å². The Hall–Kier alpha value is -6.59. The first-order chi connectivity index (χ1) is 25.3. The van der Waals surface area contributed by atoms with Gasteiger partial charge in [-0.25, -0.2) is 0 Å². The Kier molecular flexibility index (Phi) is 6.95. The van der Waals surface area contributed by atoms with Crippen molar-refractivity contribution in [2.24, 2.45) is 0 Å². The lowest BCUT2D eigenvalue weighted by molar-refractivity contribution is 0.545. The van der Waals surface area contributed by atoms with Crippen molar-refractivity contribution in [2.45, 2.75) is 12.1 Å². The van der Waals surface area contributed by atoms with Gasteiger partial charge in [0.05, 0.1) is 23.0 Å². The van der Waals surface area contributed by atoms with Crippen LogP contribution in [0, 0.1) is 0 Å². The number of furan rings is 1. The molecule has 0 saturated carbocycles. The predicted molar refractivity (Wildman–Crippen MR) is 209 cm³/mol. The van der Waals surface area contributed by atoms with Crippen molar-refractivity contribution in [3.05, 3.63) is 181 Å². The third-order valence-electron chi connectivity index (χ3n) is 10.3. The number of hydrogen-bond acceptors (Lipinski definition) is 4. The molecule has 2 atom stereocenters. The smallest absolute Gasteiger partial charge is 0.145 e. The van der Waals surface area contributed by atoms with Gasteiger partial charge in [-0.15, -0.1) is 0 Å². The molecule has 2 N–H and O–H groups in total. The molecule has 244 valence electrons. The summed E-state index contributed by atoms with van der Waals surface area (Å²) in [5.41, 5.74) is 12.5. The predicted octanol–water partition coefficient (Wildman–Crippen LogP) is 10.5. The molecule has 8 aromatic rings. The summed E-state index contributed by atoms with van der Waals surface area (Å²) in [6.07, 6.45) is 12.6. The summed E-state index contributed by atoms with van der Waals surface area (Å²) < 4.78 is 9.56. The normalized spacial score (nSPS) is 17.0. The summed E-state index contributed by atoms with van der Waals surface area (Å²) >= 11 is 0. The third kappa shape index (κ3) is 4.89. The Morgan fingerprint density at radius 1 is 0.627 bits per heavy atom. The number of dihydropyridines is 1. The van der Waals surface area contributed by atoms with Crippen molar-refractivity contribution < 1.29 is 4.42 Å². The van der Waals surface area contributed by atoms with Crippen LogP contribution in [0.25, 0.3) is 72.0 Å². The van der Waals surface area contributed by atoms with E-state index in [1.54, 1.807) is 0 Å². The van der Waals surface area contributed by atoms with Crippen LogP contribution >= 0.6 is 0 Å². The molecule has 1 unspecified atom stereocenters. The maximum atomic E-state index is 7.04. The van der Waals surface area contributed by atoms with E-state index in [-0.39, 0.29) is 12.1 Å². The SMILES string of the molecule is C1=CC(C2NC(c3ccc(-c4ccncc4)cc3)=C[C@H]2n2c3ccccc3c3c4oc(-c5ccccc5)c(-c5ccccc5)c4ccc32)=CCN1. The minimum Gasteiger partial charge on any atom is -0.455 e. The lowest BCUT2D eigenvalue weighted by atomic mass is 9.97. The molecular weight excluding hydrogens is 625 g/mol. The van der Waals surface area contributed by atoms with Crippen LogP contribution < -0.4 is 10.6 Å². The Morgan fingerprint density at radius 3 is 2.10 bits per heavy atom. The second kappa shape index (κ2) is 12.1. The maximum absolute atomic E-state index is 7.04. The van der Waals surface area contributed by atoms with Gasteiger partial charge >= 0.3 is 0 Å². The van der Waals surface area contributed by atoms with Gasteiger partial charge in [0.25, 0.3) is 0 Å². The Bertz CT molecular complexity index is 2650. The zero-order valence-corrected chi connectivity index (χ0v) is 27.8. The molecule has 0 fully saturated rings. The van der Waals surface area contributed by atoms with E-state index < -0.39 is 0 Å². The highest BCUT2D eigenvalue weighted by molar-refractivity contribution is 6.22. The summed E-state index contributed by atoms with van der Waals surface area (Å²) in [7, 11) is 0. The van der Waals surface area contributed by atoms with Crippen LogP contribution in [0.3, 0.4) is 0 Å². The minimum absolute atomic E-state index is 0.00544. The van der Waals surface area contributed by atoms with E-state index in [4.69, 9.17) is 4.42 Å². The van der Waals surface area contributed by atoms with Crippen LogP contribution in [0.2, 0.25) is 0 Å². The fourth-order valence-electron chi connectivity index (χ4n) is 7.98. The van der Waals surface area contributed by atoms with E-state index in [9.17, 15) is 0 Å². The van der Waals surface area contributed by atoms with Crippen molar-refractivity contribution in [1.82, 2.24) is 20.2 Å². The molecular formula is C46H34N4O. The molecule has 5 aromatic carbocycles. The molecule has 2 aliphatic heterocycles. The quantitative estimate of drug-likeness (QED) is 0.187. The summed E-state index contributed by atoms with van der Waals surface area (Å²) in [6.45, 7) is 0.803. The van der Waals surface area contributed by atoms with E-state index in [1.165, 1.54) is 22.0 Å². The summed E-state index contributed by atoms with van der Waals surface area (Å²) in [5.74, 6) is 0.893. The molecule has 5 heteroatoms. The average molecular weight is 659 g/mol. The van der Waals surface area contributed by atoms with E-state index in [0.29, 0.717) is 0 Å². The van der Waals surface area contributed by atoms with E-state index in [0.717, 1.165) is 67.7 Å². The van der Waals surface area contributed by atoms with E-state index in [2.05, 4.69) is 166 Å². The van der Waals surface area contributed by atoms with Crippen molar-refractivity contribution in [3.8, 4) is 33.6 Å². The van der Waals surface area contributed by atoms with Gasteiger partial charge in [0, 0.05) is 52.1 Å². The zero-order valence-electron chi connectivity index (χ0n) is 27.8. The topological polar surface area (TPSA) is 55.0 Å². The minimum atomic E-state index is 0.00544. The largest absolute Gasteiger partial charge is 0.455 e. The van der Waals surface area contributed by atoms with Crippen molar-refractivity contribution in [2.75, 3.05) is 6.54 Å². The summed E-state index contributed by atoms with van der Waals surface area (Å²) in [5, 5.41) is 10.7. The Labute approximate surface area is 295 Å². The van der Waals surface area contributed by atoms with Crippen LogP contribution in [0.15, 0.2) is 180 Å². The van der Waals surface area contributed by atoms with Crippen molar-refractivity contribution in [1.29, 1.82) is 0 Å². The van der Waals surface area contributed by atoms with Crippen LogP contribution in [0.1, 0.15) is 11.6 Å². The Balaban J connectivity index is 1.19. The number of nitrogens with zero attached hydrogens (tertiary/aromatic N) is 2. The van der Waals surface area contributed by atoms with Gasteiger partial charge in [0.15, 0.2) is 0 Å². The maximum Gasteiger partial charge on any atom is 0.145 e. The Morgan fingerprint density at radius 2 is 1.33 bits per heavy atom. The first-order valence-electron chi connectivity index (χ1n) is 17.5. The molecule has 0 aliphatic carbocycles. The highest BCUT2D eigenvalue weighted by Gasteiger charge is 2.34. The summed E-state index contributed by atoms with van der Waals surface area (Å²) in [4.78, 5) is 4.19. The van der Waals surface area contributed by atoms with Gasteiger partial charge in [-0.3, -0.25) is 4.98 Å². The fourth-order valence-corrected chi connectivity index (χ4v) is 7.98. The highest BCUT2D eigenvalue weighted by Crippen LogP contribution is 2.47. The van der Waals surface area contributed by atoms with Gasteiger partial charge < -0.3 is 19.6 Å². The lowest BCUT2D eigenvalue weighted by Crippen LogP contribution is -2.33. The standard InChI is InChI=1S/C46H34N4O/c1-3-9-33(10-4-1)42-37-19-20-40-43(46(37)51-45(42)35-11-5-2-6-12-35)36-13-7-8-14-39(36)50(40)41-29-38(49-44(41)34-23-27-48-28-24-34)32-17-15-30(16-18-32)31-21-25-47-26-22-31/h1-27,29,41,44,48-49H,28H2/t41-,44?/m1/s1. The second-order valence-electron chi connectivity index (χ2n) is 13.2. The lowest BCUT2D eigenvalue weighted by Gasteiger charge is -2.26. The third-order valence-corrected chi connectivity index (χ3v) is 10.3. The van der Waals surface area contributed by atoms with Crippen molar-refractivity contribution >= 4 is 38.5 Å². The van der Waals surface area contributed by atoms with Gasteiger partial charge in [0.2, 0.25) is 0 Å². The molecule has 5 heterocycles. The van der Waals surface area contributed by atoms with E-state index >= 15 is 0 Å². The molecule has 51 heavy (non-hydrogen) atoms. The van der Waals surface area contributed by atoms with Crippen molar-refractivity contribution in [3.63, 3.8) is 0 Å². The molecule has 0 bridgehead atoms. The highest BCUT2D eigenvalue weighted by atomic mass is 16.3. The monoisotopic (exact) mass is 658 g/mol. The molecule has 0 radical (unpaired) electrons. The van der Waals surface area contributed by atoms with Gasteiger partial charge in [-0.05, 0) is 76.5 Å². The molecule has 0 saturated heterocycles. The molecule has 3 aromatic heterocycles. The van der Waals surface area contributed by atoms with Crippen LogP contribution in [-0.2, 0) is 0 Å². The first-order valence-corrected chi connectivity index (χ1v) is 17.5. The number of fused-ring (bicyclic) bond motifs is 5. The van der Waals surface area contributed by atoms with Crippen LogP contribution in [0.5, 0.6) is 0 Å². The number of hydrogen-bond donors (Lipinski definition) is 2. The fraction of sp³-hybridized carbons (Fsp3) is 0.0652. The molecule has 10 rings (SSSR count). The number of benzene rings is 5. The number of rotatable bonds is 6. The molecule has 0 amide bonds. The molecule has 0 spiro atoms. The number of aromatic nitrogens is 2. The average Bonchev–Trinajstić information content (AvgIpc) is 3.91. The zero-order chi connectivity index (χ0) is 33.7. The van der Waals surface area contributed by atoms with Gasteiger partial charge in [0.1, 0.15) is 11.3 Å². The van der Waals surface area contributed by atoms with Crippen LogP contribution in [0.4, 0.5) is 0 Å². The van der Waals surface area contributed by atoms with E-state index in [1.807, 2.05) is 24.5 Å². The van der Waals surface area contributed by atoms with Gasteiger partial charge in [-0.1, -0.05) is 109 Å². The molecule has 2 aliphatic rings. The first kappa shape index (κ1) is 29.3.